The third-order valence-corrected chi connectivity index (χ3v) is 5.52. The van der Waals surface area contributed by atoms with Crippen LogP contribution in [0.1, 0.15) is 16.7 Å². The average Bonchev–Trinajstić information content (AvgIpc) is 2.83. The second-order valence-corrected chi connectivity index (χ2v) is 8.26. The van der Waals surface area contributed by atoms with Gasteiger partial charge in [-0.05, 0) is 81.4 Å². The summed E-state index contributed by atoms with van der Waals surface area (Å²) in [4.78, 5) is 24.6. The Morgan fingerprint density at radius 3 is 2.27 bits per heavy atom. The Labute approximate surface area is 179 Å². The van der Waals surface area contributed by atoms with E-state index in [1.54, 1.807) is 6.08 Å². The van der Waals surface area contributed by atoms with Gasteiger partial charge in [-0.25, -0.2) is 4.79 Å². The van der Waals surface area contributed by atoms with Crippen LogP contribution in [0.3, 0.4) is 0 Å². The fourth-order valence-electron chi connectivity index (χ4n) is 2.43. The van der Waals surface area contributed by atoms with E-state index in [4.69, 9.17) is 4.74 Å². The van der Waals surface area contributed by atoms with Crippen molar-refractivity contribution in [2.24, 2.45) is 0 Å². The van der Waals surface area contributed by atoms with Gasteiger partial charge in [0.15, 0.2) is 0 Å². The van der Waals surface area contributed by atoms with Crippen molar-refractivity contribution in [2.75, 3.05) is 7.05 Å². The minimum absolute atomic E-state index is 0.275. The fraction of sp³-hybridized carbons (Fsp3) is 0.158. The first-order valence-corrected chi connectivity index (χ1v) is 9.99. The second kappa shape index (κ2) is 7.95. The third-order valence-electron chi connectivity index (χ3n) is 3.92. The molecule has 1 N–H and O–H groups in total. The largest absolute Gasteiger partial charge is 0.487 e. The minimum atomic E-state index is -0.413. The summed E-state index contributed by atoms with van der Waals surface area (Å²) in [6, 6.07) is 11.7. The van der Waals surface area contributed by atoms with Crippen molar-refractivity contribution in [3.63, 3.8) is 0 Å². The molecule has 3 rings (SSSR count). The van der Waals surface area contributed by atoms with Gasteiger partial charge in [0.1, 0.15) is 18.1 Å². The number of nitrogens with one attached hydrogen (secondary N) is 1. The fourth-order valence-corrected chi connectivity index (χ4v) is 4.56. The molecule has 0 spiro atoms. The van der Waals surface area contributed by atoms with E-state index < -0.39 is 6.03 Å². The number of halogens is 2. The molecule has 0 aliphatic carbocycles. The van der Waals surface area contributed by atoms with Crippen molar-refractivity contribution in [1.82, 2.24) is 10.2 Å². The van der Waals surface area contributed by atoms with Crippen molar-refractivity contribution < 1.29 is 14.3 Å². The molecule has 1 aliphatic heterocycles. The quantitative estimate of drug-likeness (QED) is 0.337. The molecule has 1 heterocycles. The Kier molecular flexibility index (Phi) is 5.86. The van der Waals surface area contributed by atoms with E-state index in [0.29, 0.717) is 6.61 Å². The number of hydrogen-bond donors (Lipinski definition) is 1. The summed E-state index contributed by atoms with van der Waals surface area (Å²) in [6.07, 6.45) is 1.68. The van der Waals surface area contributed by atoms with Gasteiger partial charge in [0.25, 0.3) is 5.91 Å². The van der Waals surface area contributed by atoms with Crippen LogP contribution in [0.4, 0.5) is 4.79 Å². The predicted molar refractivity (Wildman–Crippen MR) is 117 cm³/mol. The highest BCUT2D eigenvalue weighted by Crippen LogP contribution is 2.30. The first kappa shape index (κ1) is 19.2. The van der Waals surface area contributed by atoms with E-state index in [1.807, 2.05) is 12.1 Å². The van der Waals surface area contributed by atoms with Crippen LogP contribution in [-0.4, -0.2) is 23.9 Å². The van der Waals surface area contributed by atoms with Gasteiger partial charge in [0.2, 0.25) is 0 Å². The van der Waals surface area contributed by atoms with Crippen molar-refractivity contribution >= 4 is 63.2 Å². The summed E-state index contributed by atoms with van der Waals surface area (Å²) in [7, 11) is 1.45. The smallest absolute Gasteiger partial charge is 0.328 e. The number of nitrogens with zero attached hydrogens (tertiary/aromatic N) is 1. The SMILES string of the molecule is Cc1ccc(COc2c(I)cc(/C=C3/NC(=O)N(C)C3=O)cc2I)cc1. The Morgan fingerprint density at radius 2 is 1.73 bits per heavy atom. The average molecular weight is 574 g/mol. The maximum atomic E-state index is 12.0. The molecular weight excluding hydrogens is 558 g/mol. The number of amides is 3. The third kappa shape index (κ3) is 4.20. The standard InChI is InChI=1S/C19H16I2N2O3/c1-11-3-5-12(6-4-11)10-26-17-14(20)7-13(8-15(17)21)9-16-18(24)23(2)19(25)22-16/h3-9H,10H2,1-2H3,(H,22,25)/b16-9+. The molecule has 3 amide bonds. The van der Waals surface area contributed by atoms with E-state index in [1.165, 1.54) is 12.6 Å². The zero-order valence-corrected chi connectivity index (χ0v) is 18.5. The molecular formula is C19H16I2N2O3. The number of likely N-dealkylation sites (N-methyl/N-ethyl adjacent to an activating group) is 1. The highest BCUT2D eigenvalue weighted by atomic mass is 127. The number of urea groups is 1. The van der Waals surface area contributed by atoms with Crippen LogP contribution < -0.4 is 10.1 Å². The van der Waals surface area contributed by atoms with Crippen LogP contribution in [0.5, 0.6) is 5.75 Å². The van der Waals surface area contributed by atoms with Gasteiger partial charge >= 0.3 is 6.03 Å². The van der Waals surface area contributed by atoms with E-state index >= 15 is 0 Å². The van der Waals surface area contributed by atoms with Gasteiger partial charge in [-0.15, -0.1) is 0 Å². The van der Waals surface area contributed by atoms with E-state index in [9.17, 15) is 9.59 Å². The maximum Gasteiger partial charge on any atom is 0.328 e. The zero-order valence-electron chi connectivity index (χ0n) is 14.2. The Balaban J connectivity index is 1.79. The van der Waals surface area contributed by atoms with Crippen LogP contribution in [0.25, 0.3) is 6.08 Å². The summed E-state index contributed by atoms with van der Waals surface area (Å²) in [6.45, 7) is 2.55. The molecule has 1 saturated heterocycles. The Bertz CT molecular complexity index is 884. The van der Waals surface area contributed by atoms with Gasteiger partial charge in [0.05, 0.1) is 7.14 Å². The normalized spacial score (nSPS) is 15.5. The number of aryl methyl sites for hydroxylation is 1. The first-order valence-electron chi connectivity index (χ1n) is 7.83. The van der Waals surface area contributed by atoms with Crippen molar-refractivity contribution in [1.29, 1.82) is 0 Å². The number of carbonyl (C=O) groups excluding carboxylic acids is 2. The van der Waals surface area contributed by atoms with Crippen molar-refractivity contribution in [2.45, 2.75) is 13.5 Å². The molecule has 26 heavy (non-hydrogen) atoms. The van der Waals surface area contributed by atoms with Crippen molar-refractivity contribution in [3.8, 4) is 5.75 Å². The molecule has 0 radical (unpaired) electrons. The maximum absolute atomic E-state index is 12.0. The number of benzene rings is 2. The Hall–Kier alpha value is -1.62. The van der Waals surface area contributed by atoms with Crippen LogP contribution in [0.15, 0.2) is 42.1 Å². The molecule has 0 unspecified atom stereocenters. The monoisotopic (exact) mass is 574 g/mol. The lowest BCUT2D eigenvalue weighted by molar-refractivity contribution is -0.121. The lowest BCUT2D eigenvalue weighted by Gasteiger charge is -2.12. The summed E-state index contributed by atoms with van der Waals surface area (Å²) in [5.74, 6) is 0.479. The summed E-state index contributed by atoms with van der Waals surface area (Å²) in [5, 5.41) is 2.57. The van der Waals surface area contributed by atoms with Crippen LogP contribution >= 0.6 is 45.2 Å². The summed E-state index contributed by atoms with van der Waals surface area (Å²) in [5.41, 5.74) is 3.43. The number of rotatable bonds is 4. The topological polar surface area (TPSA) is 58.6 Å². The first-order chi connectivity index (χ1) is 12.3. The molecule has 5 nitrogen and oxygen atoms in total. The van der Waals surface area contributed by atoms with Gasteiger partial charge < -0.3 is 10.1 Å². The summed E-state index contributed by atoms with van der Waals surface area (Å²) < 4.78 is 7.88. The van der Waals surface area contributed by atoms with Gasteiger partial charge in [0, 0.05) is 7.05 Å². The van der Waals surface area contributed by atoms with Crippen LogP contribution in [-0.2, 0) is 11.4 Å². The van der Waals surface area contributed by atoms with E-state index in [0.717, 1.165) is 28.9 Å². The molecule has 7 heteroatoms. The molecule has 1 aliphatic rings. The predicted octanol–water partition coefficient (Wildman–Crippen LogP) is 4.31. The molecule has 0 atom stereocenters. The lowest BCUT2D eigenvalue weighted by Crippen LogP contribution is -2.25. The van der Waals surface area contributed by atoms with Gasteiger partial charge in [-0.3, -0.25) is 9.69 Å². The molecule has 2 aromatic rings. The molecule has 134 valence electrons. The van der Waals surface area contributed by atoms with E-state index in [2.05, 4.69) is 81.7 Å². The molecule has 2 aromatic carbocycles. The molecule has 1 fully saturated rings. The number of carbonyl (C=O) groups is 2. The zero-order chi connectivity index (χ0) is 18.8. The minimum Gasteiger partial charge on any atom is -0.487 e. The highest BCUT2D eigenvalue weighted by molar-refractivity contribution is 14.1. The Morgan fingerprint density at radius 1 is 1.12 bits per heavy atom. The molecule has 0 bridgehead atoms. The van der Waals surface area contributed by atoms with Crippen LogP contribution in [0, 0.1) is 14.1 Å². The number of hydrogen-bond acceptors (Lipinski definition) is 3. The molecule has 0 aromatic heterocycles. The van der Waals surface area contributed by atoms with Gasteiger partial charge in [-0.2, -0.15) is 0 Å². The van der Waals surface area contributed by atoms with Crippen LogP contribution in [0.2, 0.25) is 0 Å². The second-order valence-electron chi connectivity index (χ2n) is 5.94. The van der Waals surface area contributed by atoms with Crippen molar-refractivity contribution in [3.05, 3.63) is 65.9 Å². The molecule has 0 saturated carbocycles. The lowest BCUT2D eigenvalue weighted by atomic mass is 10.1. The van der Waals surface area contributed by atoms with E-state index in [-0.39, 0.29) is 11.6 Å². The summed E-state index contributed by atoms with van der Waals surface area (Å²) >= 11 is 4.44. The van der Waals surface area contributed by atoms with Gasteiger partial charge in [-0.1, -0.05) is 29.8 Å². The number of ether oxygens (including phenoxy) is 1. The number of imide groups is 1. The highest BCUT2D eigenvalue weighted by Gasteiger charge is 2.30.